The van der Waals surface area contributed by atoms with Crippen molar-refractivity contribution >= 4 is 39.1 Å². The molecule has 2 heterocycles. The Labute approximate surface area is 226 Å². The second-order valence-electron chi connectivity index (χ2n) is 9.94. The molecule has 0 unspecified atom stereocenters. The Morgan fingerprint density at radius 1 is 0.895 bits per heavy atom. The first-order valence-electron chi connectivity index (χ1n) is 12.4. The Morgan fingerprint density at radius 2 is 1.63 bits per heavy atom. The fraction of sp³-hybridized carbons (Fsp3) is 0.200. The van der Waals surface area contributed by atoms with Crippen LogP contribution in [0, 0.1) is 0 Å². The maximum absolute atomic E-state index is 13.4. The Morgan fingerprint density at radius 3 is 2.37 bits per heavy atom. The number of benzene rings is 3. The third-order valence-electron chi connectivity index (χ3n) is 5.90. The molecule has 2 aromatic heterocycles. The van der Waals surface area contributed by atoms with Gasteiger partial charge in [-0.1, -0.05) is 86.7 Å². The summed E-state index contributed by atoms with van der Waals surface area (Å²) in [5.41, 5.74) is 3.41. The van der Waals surface area contributed by atoms with Gasteiger partial charge < -0.3 is 4.74 Å². The minimum atomic E-state index is -0.278. The summed E-state index contributed by atoms with van der Waals surface area (Å²) in [7, 11) is 0. The number of nitrogens with zero attached hydrogens (tertiary/aromatic N) is 4. The molecule has 0 bridgehead atoms. The number of carbonyl (C=O) groups excluding carboxylic acids is 1. The fourth-order valence-corrected chi connectivity index (χ4v) is 4.64. The van der Waals surface area contributed by atoms with Crippen LogP contribution in [0.1, 0.15) is 37.0 Å². The molecule has 3 aromatic carbocycles. The summed E-state index contributed by atoms with van der Waals surface area (Å²) in [4.78, 5) is 19.7. The normalized spacial score (nSPS) is 11.3. The molecule has 0 aliphatic carbocycles. The number of hydrogen-bond donors (Lipinski definition) is 1. The van der Waals surface area contributed by atoms with Crippen LogP contribution in [0.15, 0.2) is 91.0 Å². The van der Waals surface area contributed by atoms with Crippen LogP contribution >= 0.6 is 11.3 Å². The van der Waals surface area contributed by atoms with Crippen molar-refractivity contribution in [1.82, 2.24) is 15.2 Å². The van der Waals surface area contributed by atoms with Crippen LogP contribution in [0.2, 0.25) is 0 Å². The third kappa shape index (κ3) is 6.15. The molecule has 0 aliphatic heterocycles. The molecule has 0 aliphatic rings. The van der Waals surface area contributed by atoms with Crippen molar-refractivity contribution < 1.29 is 9.53 Å². The number of para-hydroxylation sites is 1. The monoisotopic (exact) mass is 523 g/mol. The number of pyridine rings is 1. The number of rotatable bonds is 7. The van der Waals surface area contributed by atoms with Gasteiger partial charge in [-0.2, -0.15) is 0 Å². The third-order valence-corrected chi connectivity index (χ3v) is 7.16. The summed E-state index contributed by atoms with van der Waals surface area (Å²) >= 11 is 1.39. The van der Waals surface area contributed by atoms with E-state index in [1.165, 1.54) is 11.3 Å². The van der Waals surface area contributed by atoms with E-state index >= 15 is 0 Å². The number of carbonyl (C=O) groups is 1. The van der Waals surface area contributed by atoms with E-state index in [2.05, 4.69) is 41.3 Å². The molecule has 5 rings (SSSR count). The molecule has 0 spiro atoms. The van der Waals surface area contributed by atoms with Crippen molar-refractivity contribution in [3.63, 3.8) is 0 Å². The van der Waals surface area contributed by atoms with E-state index in [0.717, 1.165) is 32.9 Å². The van der Waals surface area contributed by atoms with Gasteiger partial charge in [0, 0.05) is 16.5 Å². The molecule has 0 fully saturated rings. The van der Waals surface area contributed by atoms with Gasteiger partial charge in [0.25, 0.3) is 0 Å². The molecule has 5 aromatic rings. The number of fused-ring (bicyclic) bond motifs is 1. The van der Waals surface area contributed by atoms with Crippen molar-refractivity contribution in [1.29, 1.82) is 0 Å². The van der Waals surface area contributed by atoms with Crippen LogP contribution in [0.3, 0.4) is 0 Å². The zero-order chi connectivity index (χ0) is 26.5. The molecule has 8 heteroatoms. The van der Waals surface area contributed by atoms with Gasteiger partial charge in [0.05, 0.1) is 17.8 Å². The number of nitrogens with one attached hydrogen (secondary N) is 1. The first-order chi connectivity index (χ1) is 18.3. The molecule has 1 N–H and O–H groups in total. The summed E-state index contributed by atoms with van der Waals surface area (Å²) in [6.45, 7) is 6.96. The average molecular weight is 524 g/mol. The van der Waals surface area contributed by atoms with Crippen LogP contribution in [-0.2, 0) is 18.6 Å². The van der Waals surface area contributed by atoms with Crippen molar-refractivity contribution in [3.05, 3.63) is 107 Å². The lowest BCUT2D eigenvalue weighted by Crippen LogP contribution is -2.34. The van der Waals surface area contributed by atoms with E-state index < -0.39 is 0 Å². The van der Waals surface area contributed by atoms with Crippen LogP contribution in [0.5, 0.6) is 5.75 Å². The van der Waals surface area contributed by atoms with Crippen molar-refractivity contribution in [2.45, 2.75) is 39.3 Å². The van der Waals surface area contributed by atoms with Gasteiger partial charge in [-0.05, 0) is 42.0 Å². The predicted octanol–water partition coefficient (Wildman–Crippen LogP) is 7.20. The van der Waals surface area contributed by atoms with Crippen molar-refractivity contribution in [3.8, 4) is 5.75 Å². The minimum Gasteiger partial charge on any atom is -0.487 e. The summed E-state index contributed by atoms with van der Waals surface area (Å²) in [5.74, 6) is 0.697. The average Bonchev–Trinajstić information content (AvgIpc) is 3.41. The smallest absolute Gasteiger partial charge is 0.328 e. The highest BCUT2D eigenvalue weighted by atomic mass is 32.1. The maximum Gasteiger partial charge on any atom is 0.328 e. The number of ether oxygens (including phenoxy) is 1. The van der Waals surface area contributed by atoms with E-state index in [-0.39, 0.29) is 11.4 Å². The summed E-state index contributed by atoms with van der Waals surface area (Å²) < 4.78 is 5.99. The summed E-state index contributed by atoms with van der Waals surface area (Å²) in [6.07, 6.45) is 0. The van der Waals surface area contributed by atoms with Gasteiger partial charge in [0.2, 0.25) is 5.13 Å². The Bertz CT molecular complexity index is 1530. The fourth-order valence-electron chi connectivity index (χ4n) is 3.85. The van der Waals surface area contributed by atoms with Crippen LogP contribution in [0.25, 0.3) is 10.9 Å². The van der Waals surface area contributed by atoms with E-state index in [9.17, 15) is 4.79 Å². The van der Waals surface area contributed by atoms with Crippen molar-refractivity contribution in [2.75, 3.05) is 10.2 Å². The van der Waals surface area contributed by atoms with E-state index in [1.54, 1.807) is 4.90 Å². The molecule has 0 saturated carbocycles. The standard InChI is InChI=1S/C30H29N5O2S/c1-30(2,3)27-33-34-28(38-27)32-29(36)35(19-21-9-5-4-6-10-21)24-15-17-25(18-16-24)37-20-23-14-13-22-11-7-8-12-26(22)31-23/h4-18H,19-20H2,1-3H3,(H,32,34,36). The highest BCUT2D eigenvalue weighted by Crippen LogP contribution is 2.29. The first kappa shape index (κ1) is 25.4. The van der Waals surface area contributed by atoms with Crippen LogP contribution in [0.4, 0.5) is 15.6 Å². The Balaban J connectivity index is 1.31. The van der Waals surface area contributed by atoms with E-state index in [4.69, 9.17) is 4.74 Å². The minimum absolute atomic E-state index is 0.136. The van der Waals surface area contributed by atoms with Crippen LogP contribution < -0.4 is 15.0 Å². The van der Waals surface area contributed by atoms with E-state index in [0.29, 0.717) is 24.0 Å². The number of amides is 2. The molecule has 0 atom stereocenters. The van der Waals surface area contributed by atoms with Gasteiger partial charge in [0.15, 0.2) is 0 Å². The summed E-state index contributed by atoms with van der Waals surface area (Å²) in [6, 6.07) is 29.1. The van der Waals surface area contributed by atoms with Gasteiger partial charge in [-0.25, -0.2) is 9.78 Å². The van der Waals surface area contributed by atoms with Gasteiger partial charge in [-0.3, -0.25) is 10.2 Å². The zero-order valence-corrected chi connectivity index (χ0v) is 22.4. The molecule has 38 heavy (non-hydrogen) atoms. The topological polar surface area (TPSA) is 80.2 Å². The highest BCUT2D eigenvalue weighted by molar-refractivity contribution is 7.15. The molecule has 0 radical (unpaired) electrons. The molecular formula is C30H29N5O2S. The predicted molar refractivity (Wildman–Crippen MR) is 153 cm³/mol. The quantitative estimate of drug-likeness (QED) is 0.244. The highest BCUT2D eigenvalue weighted by Gasteiger charge is 2.22. The molecule has 0 saturated heterocycles. The number of hydrogen-bond acceptors (Lipinski definition) is 6. The molecular weight excluding hydrogens is 494 g/mol. The first-order valence-corrected chi connectivity index (χ1v) is 13.2. The lowest BCUT2D eigenvalue weighted by molar-refractivity contribution is 0.256. The number of anilines is 2. The molecule has 7 nitrogen and oxygen atoms in total. The SMILES string of the molecule is CC(C)(C)c1nnc(NC(=O)N(Cc2ccccc2)c2ccc(OCc3ccc4ccccc4n3)cc2)s1. The lowest BCUT2D eigenvalue weighted by atomic mass is 9.98. The lowest BCUT2D eigenvalue weighted by Gasteiger charge is -2.23. The number of urea groups is 1. The van der Waals surface area contributed by atoms with E-state index in [1.807, 2.05) is 91.0 Å². The van der Waals surface area contributed by atoms with Gasteiger partial charge in [0.1, 0.15) is 17.4 Å². The van der Waals surface area contributed by atoms with Crippen molar-refractivity contribution in [2.24, 2.45) is 0 Å². The second kappa shape index (κ2) is 11.0. The Kier molecular flexibility index (Phi) is 7.33. The maximum atomic E-state index is 13.4. The molecule has 192 valence electrons. The second-order valence-corrected chi connectivity index (χ2v) is 10.9. The van der Waals surface area contributed by atoms with Crippen LogP contribution in [-0.4, -0.2) is 21.2 Å². The zero-order valence-electron chi connectivity index (χ0n) is 21.6. The van der Waals surface area contributed by atoms with Gasteiger partial charge >= 0.3 is 6.03 Å². The largest absolute Gasteiger partial charge is 0.487 e. The Hall–Kier alpha value is -4.30. The van der Waals surface area contributed by atoms with Gasteiger partial charge in [-0.15, -0.1) is 10.2 Å². The summed E-state index contributed by atoms with van der Waals surface area (Å²) in [5, 5.41) is 13.8. The molecule has 2 amide bonds. The number of aromatic nitrogens is 3.